The first-order valence-electron chi connectivity index (χ1n) is 7.05. The molecule has 0 aromatic carbocycles. The molecule has 2 aliphatic rings. The molecule has 0 N–H and O–H groups in total. The first-order valence-corrected chi connectivity index (χ1v) is 7.05. The second-order valence-corrected chi connectivity index (χ2v) is 5.76. The Morgan fingerprint density at radius 3 is 2.53 bits per heavy atom. The maximum atomic E-state index is 9.47. The van der Waals surface area contributed by atoms with E-state index in [9.17, 15) is 5.26 Å². The molecule has 0 aromatic heterocycles. The molecule has 0 spiro atoms. The van der Waals surface area contributed by atoms with Gasteiger partial charge in [-0.25, -0.2) is 0 Å². The van der Waals surface area contributed by atoms with Gasteiger partial charge < -0.3 is 0 Å². The van der Waals surface area contributed by atoms with Crippen LogP contribution in [0.1, 0.15) is 58.8 Å². The molecule has 0 heterocycles. The molecule has 0 bridgehead atoms. The van der Waals surface area contributed by atoms with Gasteiger partial charge in [-0.15, -0.1) is 0 Å². The van der Waals surface area contributed by atoms with E-state index in [2.05, 4.69) is 26.0 Å². The summed E-state index contributed by atoms with van der Waals surface area (Å²) in [5, 5.41) is 9.47. The standard InChI is InChI=1S/C16H23N/c1-12-7-9-14(10-8-12)16(11-17)15-6-4-3-5-13(15)2/h6,12-13H,3-5,7-10H2,1-2H3. The van der Waals surface area contributed by atoms with Crippen molar-refractivity contribution in [2.75, 3.05) is 0 Å². The first-order chi connectivity index (χ1) is 8.22. The zero-order chi connectivity index (χ0) is 12.3. The Morgan fingerprint density at radius 1 is 1.24 bits per heavy atom. The second-order valence-electron chi connectivity index (χ2n) is 5.76. The molecule has 1 fully saturated rings. The van der Waals surface area contributed by atoms with Crippen LogP contribution in [0.3, 0.4) is 0 Å². The molecule has 92 valence electrons. The average molecular weight is 229 g/mol. The van der Waals surface area contributed by atoms with Crippen LogP contribution < -0.4 is 0 Å². The third-order valence-corrected chi connectivity index (χ3v) is 4.37. The van der Waals surface area contributed by atoms with Crippen LogP contribution in [0.2, 0.25) is 0 Å². The van der Waals surface area contributed by atoms with Crippen molar-refractivity contribution < 1.29 is 0 Å². The Hall–Kier alpha value is -1.03. The Balaban J connectivity index is 2.24. The van der Waals surface area contributed by atoms with E-state index in [0.717, 1.165) is 30.8 Å². The minimum absolute atomic E-state index is 0.588. The van der Waals surface area contributed by atoms with E-state index < -0.39 is 0 Å². The summed E-state index contributed by atoms with van der Waals surface area (Å²) in [4.78, 5) is 0. The van der Waals surface area contributed by atoms with Crippen LogP contribution in [0.25, 0.3) is 0 Å². The molecule has 1 unspecified atom stereocenters. The predicted octanol–water partition coefficient (Wildman–Crippen LogP) is 4.76. The summed E-state index contributed by atoms with van der Waals surface area (Å²) in [6.07, 6.45) is 10.8. The highest BCUT2D eigenvalue weighted by Gasteiger charge is 2.22. The van der Waals surface area contributed by atoms with Crippen molar-refractivity contribution >= 4 is 0 Å². The van der Waals surface area contributed by atoms with Crippen molar-refractivity contribution in [1.82, 2.24) is 0 Å². The Kier molecular flexibility index (Phi) is 4.05. The van der Waals surface area contributed by atoms with Crippen LogP contribution in [0.5, 0.6) is 0 Å². The Labute approximate surface area is 105 Å². The minimum Gasteiger partial charge on any atom is -0.192 e. The molecule has 0 aliphatic heterocycles. The zero-order valence-corrected chi connectivity index (χ0v) is 11.1. The van der Waals surface area contributed by atoms with Crippen LogP contribution in [0.4, 0.5) is 0 Å². The highest BCUT2D eigenvalue weighted by atomic mass is 14.3. The molecule has 1 saturated carbocycles. The summed E-state index contributed by atoms with van der Waals surface area (Å²) >= 11 is 0. The molecule has 1 nitrogen and oxygen atoms in total. The predicted molar refractivity (Wildman–Crippen MR) is 71.4 cm³/mol. The van der Waals surface area contributed by atoms with Gasteiger partial charge in [-0.05, 0) is 62.4 Å². The number of hydrogen-bond donors (Lipinski definition) is 0. The van der Waals surface area contributed by atoms with Crippen molar-refractivity contribution in [3.8, 4) is 6.07 Å². The van der Waals surface area contributed by atoms with Gasteiger partial charge in [0.2, 0.25) is 0 Å². The molecule has 0 aromatic rings. The third-order valence-electron chi connectivity index (χ3n) is 4.37. The lowest BCUT2D eigenvalue weighted by Crippen LogP contribution is -2.11. The van der Waals surface area contributed by atoms with Crippen molar-refractivity contribution in [2.24, 2.45) is 11.8 Å². The van der Waals surface area contributed by atoms with E-state index >= 15 is 0 Å². The van der Waals surface area contributed by atoms with Gasteiger partial charge in [0.15, 0.2) is 0 Å². The zero-order valence-electron chi connectivity index (χ0n) is 11.1. The SMILES string of the molecule is CC1CCC(=C(C#N)C2=CCCCC2C)CC1. The fourth-order valence-electron chi connectivity index (χ4n) is 3.10. The molecular weight excluding hydrogens is 206 g/mol. The van der Waals surface area contributed by atoms with E-state index in [1.165, 1.54) is 36.8 Å². The quantitative estimate of drug-likeness (QED) is 0.594. The molecular formula is C16H23N. The molecule has 2 aliphatic carbocycles. The molecule has 0 saturated heterocycles. The lowest BCUT2D eigenvalue weighted by Gasteiger charge is -2.25. The van der Waals surface area contributed by atoms with E-state index in [4.69, 9.17) is 0 Å². The maximum absolute atomic E-state index is 9.47. The number of allylic oxidation sites excluding steroid dienone is 4. The summed E-state index contributed by atoms with van der Waals surface area (Å²) in [7, 11) is 0. The van der Waals surface area contributed by atoms with E-state index in [0.29, 0.717) is 5.92 Å². The third kappa shape index (κ3) is 2.80. The van der Waals surface area contributed by atoms with Gasteiger partial charge in [0, 0.05) is 0 Å². The fraction of sp³-hybridized carbons (Fsp3) is 0.688. The highest BCUT2D eigenvalue weighted by molar-refractivity contribution is 5.47. The number of nitrogens with zero attached hydrogens (tertiary/aromatic N) is 1. The monoisotopic (exact) mass is 229 g/mol. The van der Waals surface area contributed by atoms with Gasteiger partial charge in [-0.3, -0.25) is 0 Å². The smallest absolute Gasteiger partial charge is 0.0994 e. The van der Waals surface area contributed by atoms with Crippen molar-refractivity contribution in [3.63, 3.8) is 0 Å². The van der Waals surface area contributed by atoms with Gasteiger partial charge in [0.05, 0.1) is 11.6 Å². The summed E-state index contributed by atoms with van der Waals surface area (Å²) in [6.45, 7) is 4.60. The molecule has 0 radical (unpaired) electrons. The van der Waals surface area contributed by atoms with Gasteiger partial charge >= 0.3 is 0 Å². The Morgan fingerprint density at radius 2 is 1.94 bits per heavy atom. The highest BCUT2D eigenvalue weighted by Crippen LogP contribution is 2.36. The number of rotatable bonds is 1. The number of nitriles is 1. The van der Waals surface area contributed by atoms with Crippen LogP contribution in [0, 0.1) is 23.2 Å². The van der Waals surface area contributed by atoms with Crippen LogP contribution in [-0.2, 0) is 0 Å². The summed E-state index contributed by atoms with van der Waals surface area (Å²) in [5.41, 5.74) is 3.83. The topological polar surface area (TPSA) is 23.8 Å². The van der Waals surface area contributed by atoms with Crippen molar-refractivity contribution in [3.05, 3.63) is 22.8 Å². The molecule has 0 amide bonds. The van der Waals surface area contributed by atoms with Gasteiger partial charge in [0.25, 0.3) is 0 Å². The summed E-state index contributed by atoms with van der Waals surface area (Å²) < 4.78 is 0. The van der Waals surface area contributed by atoms with Gasteiger partial charge in [-0.2, -0.15) is 5.26 Å². The maximum Gasteiger partial charge on any atom is 0.0994 e. The van der Waals surface area contributed by atoms with Crippen LogP contribution >= 0.6 is 0 Å². The lowest BCUT2D eigenvalue weighted by molar-refractivity contribution is 0.441. The van der Waals surface area contributed by atoms with Crippen LogP contribution in [-0.4, -0.2) is 0 Å². The normalized spacial score (nSPS) is 29.5. The minimum atomic E-state index is 0.588. The Bertz CT molecular complexity index is 371. The molecule has 1 atom stereocenters. The summed E-state index contributed by atoms with van der Waals surface area (Å²) in [5.74, 6) is 1.43. The second kappa shape index (κ2) is 5.54. The number of hydrogen-bond acceptors (Lipinski definition) is 1. The van der Waals surface area contributed by atoms with E-state index in [-0.39, 0.29) is 0 Å². The van der Waals surface area contributed by atoms with E-state index in [1.807, 2.05) is 0 Å². The van der Waals surface area contributed by atoms with Crippen molar-refractivity contribution in [2.45, 2.75) is 58.8 Å². The summed E-state index contributed by atoms with van der Waals surface area (Å²) in [6, 6.07) is 2.50. The average Bonchev–Trinajstić information content (AvgIpc) is 2.35. The molecule has 17 heavy (non-hydrogen) atoms. The fourth-order valence-corrected chi connectivity index (χ4v) is 3.10. The van der Waals surface area contributed by atoms with Crippen LogP contribution in [0.15, 0.2) is 22.8 Å². The molecule has 1 heteroatoms. The largest absolute Gasteiger partial charge is 0.192 e. The van der Waals surface area contributed by atoms with E-state index in [1.54, 1.807) is 0 Å². The lowest BCUT2D eigenvalue weighted by atomic mass is 9.79. The van der Waals surface area contributed by atoms with Gasteiger partial charge in [0.1, 0.15) is 0 Å². The molecule has 2 rings (SSSR count). The van der Waals surface area contributed by atoms with Crippen molar-refractivity contribution in [1.29, 1.82) is 5.26 Å². The first kappa shape index (κ1) is 12.4. The van der Waals surface area contributed by atoms with Gasteiger partial charge in [-0.1, -0.05) is 25.5 Å².